The van der Waals surface area contributed by atoms with Gasteiger partial charge in [-0.05, 0) is 31.4 Å². The average molecular weight is 338 g/mol. The van der Waals surface area contributed by atoms with Crippen LogP contribution in [0.25, 0.3) is 10.9 Å². The first-order valence-electron chi connectivity index (χ1n) is 8.74. The van der Waals surface area contributed by atoms with Crippen LogP contribution in [0.2, 0.25) is 0 Å². The lowest BCUT2D eigenvalue weighted by molar-refractivity contribution is -0.133. The van der Waals surface area contributed by atoms with E-state index in [9.17, 15) is 4.79 Å². The summed E-state index contributed by atoms with van der Waals surface area (Å²) in [5.74, 6) is 1.61. The standard InChI is InChI=1S/C19H22N4O2/c1-13-10-23(17-8-4-3-7-16(13)17)12-18(24)22-9-5-6-15(11-22)19-20-14(2)25-21-19/h3-4,7-8,10,15H,5-6,9,11-12H2,1-2H3. The summed E-state index contributed by atoms with van der Waals surface area (Å²) in [4.78, 5) is 19.1. The Balaban J connectivity index is 1.50. The summed E-state index contributed by atoms with van der Waals surface area (Å²) in [6.07, 6.45) is 4.02. The number of nitrogens with zero attached hydrogens (tertiary/aromatic N) is 4. The van der Waals surface area contributed by atoms with Crippen LogP contribution in [0.5, 0.6) is 0 Å². The number of carbonyl (C=O) groups is 1. The zero-order chi connectivity index (χ0) is 17.4. The van der Waals surface area contributed by atoms with E-state index < -0.39 is 0 Å². The molecule has 3 aromatic rings. The molecule has 25 heavy (non-hydrogen) atoms. The quantitative estimate of drug-likeness (QED) is 0.736. The SMILES string of the molecule is Cc1nc(C2CCCN(C(=O)Cn3cc(C)c4ccccc43)C2)no1. The summed E-state index contributed by atoms with van der Waals surface area (Å²) >= 11 is 0. The first-order valence-corrected chi connectivity index (χ1v) is 8.74. The van der Waals surface area contributed by atoms with Gasteiger partial charge in [0.2, 0.25) is 11.8 Å². The van der Waals surface area contributed by atoms with Gasteiger partial charge in [0.05, 0.1) is 0 Å². The zero-order valence-corrected chi connectivity index (χ0v) is 14.6. The van der Waals surface area contributed by atoms with Gasteiger partial charge in [0, 0.05) is 43.0 Å². The smallest absolute Gasteiger partial charge is 0.242 e. The predicted octanol–water partition coefficient (Wildman–Crippen LogP) is 3.05. The van der Waals surface area contributed by atoms with Crippen molar-refractivity contribution in [3.05, 3.63) is 47.7 Å². The van der Waals surface area contributed by atoms with Crippen molar-refractivity contribution in [1.29, 1.82) is 0 Å². The third-order valence-corrected chi connectivity index (χ3v) is 4.98. The highest BCUT2D eigenvalue weighted by Crippen LogP contribution is 2.26. The van der Waals surface area contributed by atoms with E-state index in [1.165, 1.54) is 10.9 Å². The molecule has 0 aliphatic carbocycles. The Hall–Kier alpha value is -2.63. The second kappa shape index (κ2) is 6.35. The molecule has 0 bridgehead atoms. The number of hydrogen-bond donors (Lipinski definition) is 0. The van der Waals surface area contributed by atoms with Gasteiger partial charge in [-0.25, -0.2) is 0 Å². The first-order chi connectivity index (χ1) is 12.1. The lowest BCUT2D eigenvalue weighted by Gasteiger charge is -2.31. The maximum atomic E-state index is 12.8. The fourth-order valence-corrected chi connectivity index (χ4v) is 3.70. The Kier molecular flexibility index (Phi) is 4.03. The number of fused-ring (bicyclic) bond motifs is 1. The number of piperidine rings is 1. The summed E-state index contributed by atoms with van der Waals surface area (Å²) in [5.41, 5.74) is 2.30. The van der Waals surface area contributed by atoms with E-state index in [1.807, 2.05) is 17.0 Å². The van der Waals surface area contributed by atoms with Crippen molar-refractivity contribution in [2.24, 2.45) is 0 Å². The van der Waals surface area contributed by atoms with Gasteiger partial charge in [-0.15, -0.1) is 0 Å². The van der Waals surface area contributed by atoms with Crippen molar-refractivity contribution >= 4 is 16.8 Å². The van der Waals surface area contributed by atoms with Crippen LogP contribution in [0.1, 0.15) is 36.0 Å². The third kappa shape index (κ3) is 3.04. The molecule has 1 aliphatic heterocycles. The number of likely N-dealkylation sites (tertiary alicyclic amines) is 1. The lowest BCUT2D eigenvalue weighted by Crippen LogP contribution is -2.41. The summed E-state index contributed by atoms with van der Waals surface area (Å²) in [7, 11) is 0. The van der Waals surface area contributed by atoms with Gasteiger partial charge >= 0.3 is 0 Å². The first kappa shape index (κ1) is 15.9. The Morgan fingerprint density at radius 2 is 2.16 bits per heavy atom. The molecule has 0 radical (unpaired) electrons. The lowest BCUT2D eigenvalue weighted by atomic mass is 9.97. The van der Waals surface area contributed by atoms with E-state index in [1.54, 1.807) is 6.92 Å². The minimum atomic E-state index is 0.144. The number of amides is 1. The highest BCUT2D eigenvalue weighted by atomic mass is 16.5. The molecule has 1 atom stereocenters. The predicted molar refractivity (Wildman–Crippen MR) is 94.3 cm³/mol. The van der Waals surface area contributed by atoms with Crippen LogP contribution in [0.3, 0.4) is 0 Å². The van der Waals surface area contributed by atoms with Gasteiger partial charge in [0.15, 0.2) is 5.82 Å². The second-order valence-corrected chi connectivity index (χ2v) is 6.81. The van der Waals surface area contributed by atoms with E-state index >= 15 is 0 Å². The molecule has 1 fully saturated rings. The number of aromatic nitrogens is 3. The molecule has 1 saturated heterocycles. The number of rotatable bonds is 3. The molecule has 1 aromatic carbocycles. The second-order valence-electron chi connectivity index (χ2n) is 6.81. The van der Waals surface area contributed by atoms with Gasteiger partial charge in [0.1, 0.15) is 6.54 Å². The highest BCUT2D eigenvalue weighted by Gasteiger charge is 2.28. The van der Waals surface area contributed by atoms with Crippen molar-refractivity contribution in [2.45, 2.75) is 39.2 Å². The Morgan fingerprint density at radius 1 is 1.32 bits per heavy atom. The zero-order valence-electron chi connectivity index (χ0n) is 14.6. The van der Waals surface area contributed by atoms with Crippen molar-refractivity contribution in [1.82, 2.24) is 19.6 Å². The van der Waals surface area contributed by atoms with Crippen LogP contribution < -0.4 is 0 Å². The van der Waals surface area contributed by atoms with Gasteiger partial charge in [-0.1, -0.05) is 23.4 Å². The molecule has 3 heterocycles. The Morgan fingerprint density at radius 3 is 2.96 bits per heavy atom. The number of carbonyl (C=O) groups excluding carboxylic acids is 1. The molecule has 4 rings (SSSR count). The van der Waals surface area contributed by atoms with Crippen LogP contribution in [0.15, 0.2) is 35.0 Å². The van der Waals surface area contributed by atoms with Crippen LogP contribution in [0, 0.1) is 13.8 Å². The van der Waals surface area contributed by atoms with Crippen LogP contribution in [0.4, 0.5) is 0 Å². The number of aryl methyl sites for hydroxylation is 2. The maximum Gasteiger partial charge on any atom is 0.242 e. The van der Waals surface area contributed by atoms with Crippen LogP contribution in [-0.4, -0.2) is 38.6 Å². The number of hydrogen-bond acceptors (Lipinski definition) is 4. The van der Waals surface area contributed by atoms with Gasteiger partial charge in [0.25, 0.3) is 0 Å². The van der Waals surface area contributed by atoms with E-state index in [-0.39, 0.29) is 11.8 Å². The molecule has 1 amide bonds. The minimum absolute atomic E-state index is 0.144. The molecule has 1 unspecified atom stereocenters. The van der Waals surface area contributed by atoms with Gasteiger partial charge < -0.3 is 14.0 Å². The van der Waals surface area contributed by atoms with Crippen molar-refractivity contribution in [3.63, 3.8) is 0 Å². The normalized spacial score (nSPS) is 18.0. The maximum absolute atomic E-state index is 12.8. The Bertz CT molecular complexity index is 911. The molecule has 0 spiro atoms. The molecular weight excluding hydrogens is 316 g/mol. The topological polar surface area (TPSA) is 64.2 Å². The molecule has 0 saturated carbocycles. The fraction of sp³-hybridized carbons (Fsp3) is 0.421. The van der Waals surface area contributed by atoms with Crippen LogP contribution in [-0.2, 0) is 11.3 Å². The molecular formula is C19H22N4O2. The van der Waals surface area contributed by atoms with E-state index in [0.717, 1.165) is 30.7 Å². The summed E-state index contributed by atoms with van der Waals surface area (Å²) in [5, 5.41) is 5.24. The fourth-order valence-electron chi connectivity index (χ4n) is 3.70. The monoisotopic (exact) mass is 338 g/mol. The number of benzene rings is 1. The van der Waals surface area contributed by atoms with Gasteiger partial charge in [-0.3, -0.25) is 4.79 Å². The van der Waals surface area contributed by atoms with Crippen molar-refractivity contribution < 1.29 is 9.32 Å². The summed E-state index contributed by atoms with van der Waals surface area (Å²) < 4.78 is 7.14. The van der Waals surface area contributed by atoms with E-state index in [2.05, 4.69) is 40.0 Å². The summed E-state index contributed by atoms with van der Waals surface area (Å²) in [6, 6.07) is 8.21. The van der Waals surface area contributed by atoms with Crippen LogP contribution >= 0.6 is 0 Å². The largest absolute Gasteiger partial charge is 0.340 e. The molecule has 6 heteroatoms. The molecule has 6 nitrogen and oxygen atoms in total. The van der Waals surface area contributed by atoms with Gasteiger partial charge in [-0.2, -0.15) is 4.98 Å². The van der Waals surface area contributed by atoms with Crippen molar-refractivity contribution in [3.8, 4) is 0 Å². The summed E-state index contributed by atoms with van der Waals surface area (Å²) in [6.45, 7) is 5.70. The third-order valence-electron chi connectivity index (χ3n) is 4.98. The highest BCUT2D eigenvalue weighted by molar-refractivity contribution is 5.86. The van der Waals surface area contributed by atoms with E-state index in [0.29, 0.717) is 19.0 Å². The number of para-hydroxylation sites is 1. The molecule has 0 N–H and O–H groups in total. The van der Waals surface area contributed by atoms with E-state index in [4.69, 9.17) is 4.52 Å². The average Bonchev–Trinajstić information content (AvgIpc) is 3.20. The molecule has 130 valence electrons. The Labute approximate surface area is 146 Å². The minimum Gasteiger partial charge on any atom is -0.340 e. The molecule has 2 aromatic heterocycles. The van der Waals surface area contributed by atoms with Crippen molar-refractivity contribution in [2.75, 3.05) is 13.1 Å². The molecule has 1 aliphatic rings.